The molecule has 0 aliphatic rings. The molecule has 0 radical (unpaired) electrons. The predicted molar refractivity (Wildman–Crippen MR) is 77.8 cm³/mol. The third kappa shape index (κ3) is 11.0. The molecule has 0 amide bonds. The van der Waals surface area contributed by atoms with E-state index in [0.29, 0.717) is 6.42 Å². The Morgan fingerprint density at radius 2 is 1.05 bits per heavy atom. The van der Waals surface area contributed by atoms with Crippen LogP contribution in [0.1, 0.15) is 13.3 Å². The normalized spacial score (nSPS) is 11.4. The molecule has 0 atom stereocenters. The molecule has 0 aliphatic carbocycles. The van der Waals surface area contributed by atoms with Crippen molar-refractivity contribution in [3.8, 4) is 0 Å². The minimum absolute atomic E-state index is 0.106. The number of rotatable bonds is 13. The van der Waals surface area contributed by atoms with Crippen LogP contribution in [0.25, 0.3) is 0 Å². The minimum atomic E-state index is -0.648. The molecular weight excluding hydrogens is 346 g/mol. The first-order chi connectivity index (χ1) is 9.81. The van der Waals surface area contributed by atoms with Crippen LogP contribution in [0.5, 0.6) is 0 Å². The van der Waals surface area contributed by atoms with Gasteiger partial charge in [0.15, 0.2) is 0 Å². The van der Waals surface area contributed by atoms with E-state index in [1.165, 1.54) is 0 Å². The van der Waals surface area contributed by atoms with Crippen LogP contribution >= 0.6 is 34.8 Å². The van der Waals surface area contributed by atoms with Gasteiger partial charge in [-0.05, 0) is 41.2 Å². The highest BCUT2D eigenvalue weighted by Crippen LogP contribution is 2.24. The van der Waals surface area contributed by atoms with Gasteiger partial charge in [0.05, 0.1) is 19.8 Å². The second kappa shape index (κ2) is 11.3. The second-order valence-corrected chi connectivity index (χ2v) is 5.66. The summed E-state index contributed by atoms with van der Waals surface area (Å²) >= 11 is 15.6. The van der Waals surface area contributed by atoms with Crippen molar-refractivity contribution in [2.75, 3.05) is 39.6 Å². The van der Waals surface area contributed by atoms with E-state index < -0.39 is 21.1 Å². The van der Waals surface area contributed by atoms with E-state index >= 15 is 0 Å². The van der Waals surface area contributed by atoms with Crippen LogP contribution in [0.4, 0.5) is 0 Å². The smallest absolute Gasteiger partial charge is 0.247 e. The Labute approximate surface area is 137 Å². The van der Waals surface area contributed by atoms with E-state index in [0.717, 1.165) is 0 Å². The number of hydrogen-bond donors (Lipinski definition) is 0. The van der Waals surface area contributed by atoms with Crippen molar-refractivity contribution in [1.82, 2.24) is 0 Å². The summed E-state index contributed by atoms with van der Waals surface area (Å²) in [5.41, 5.74) is -0.648. The third-order valence-electron chi connectivity index (χ3n) is 2.62. The van der Waals surface area contributed by atoms with Crippen LogP contribution in [-0.2, 0) is 28.6 Å². The van der Waals surface area contributed by atoms with Crippen molar-refractivity contribution in [3.05, 3.63) is 0 Å². The Hall–Kier alpha value is -0.240. The molecule has 9 heteroatoms. The average Bonchev–Trinajstić information content (AvgIpc) is 2.36. The van der Waals surface area contributed by atoms with Crippen LogP contribution < -0.4 is 0 Å². The van der Waals surface area contributed by atoms with Gasteiger partial charge in [0.25, 0.3) is 0 Å². The summed E-state index contributed by atoms with van der Waals surface area (Å²) in [6.45, 7) is 1.40. The van der Waals surface area contributed by atoms with E-state index in [1.54, 1.807) is 0 Å². The number of hydrogen-bond acceptors (Lipinski definition) is 6. The number of carbonyl (C=O) groups is 3. The van der Waals surface area contributed by atoms with Crippen LogP contribution in [0.15, 0.2) is 0 Å². The maximum absolute atomic E-state index is 10.7. The fraction of sp³-hybridized carbons (Fsp3) is 0.750. The van der Waals surface area contributed by atoms with Crippen molar-refractivity contribution in [3.63, 3.8) is 0 Å². The Kier molecular flexibility index (Phi) is 11.2. The summed E-state index contributed by atoms with van der Waals surface area (Å²) in [6.07, 6.45) is 0.552. The molecule has 0 bridgehead atoms. The molecule has 0 aromatic heterocycles. The summed E-state index contributed by atoms with van der Waals surface area (Å²) in [6, 6.07) is 0. The first-order valence-corrected chi connectivity index (χ1v) is 7.23. The molecular formula is C12H17Cl3O6. The van der Waals surface area contributed by atoms with E-state index in [2.05, 4.69) is 0 Å². The quantitative estimate of drug-likeness (QED) is 0.464. The molecule has 6 nitrogen and oxygen atoms in total. The molecule has 0 saturated heterocycles. The number of ether oxygens (including phenoxy) is 3. The topological polar surface area (TPSA) is 78.9 Å². The first-order valence-electron chi connectivity index (χ1n) is 6.09. The number of halogens is 3. The maximum atomic E-state index is 10.7. The molecule has 0 heterocycles. The van der Waals surface area contributed by atoms with Crippen molar-refractivity contribution in [2.24, 2.45) is 5.41 Å². The first kappa shape index (κ1) is 20.8. The fourth-order valence-electron chi connectivity index (χ4n) is 1.47. The standard InChI is InChI=1S/C12H17Cl3O6/c1-2-12(6-19-3-9(13)16,7-20-4-10(14)17)8-21-5-11(15)18/h2-8H2,1H3. The zero-order chi connectivity index (χ0) is 16.3. The SMILES string of the molecule is CCC(COCC(=O)Cl)(COCC(=O)Cl)COCC(=O)Cl. The monoisotopic (exact) mass is 362 g/mol. The lowest BCUT2D eigenvalue weighted by Gasteiger charge is -2.31. The second-order valence-electron chi connectivity index (χ2n) is 4.40. The summed E-state index contributed by atoms with van der Waals surface area (Å²) in [7, 11) is 0. The van der Waals surface area contributed by atoms with E-state index in [4.69, 9.17) is 49.0 Å². The van der Waals surface area contributed by atoms with Gasteiger partial charge in [-0.3, -0.25) is 14.4 Å². The Morgan fingerprint density at radius 1 is 0.762 bits per heavy atom. The maximum Gasteiger partial charge on any atom is 0.247 e. The van der Waals surface area contributed by atoms with Crippen LogP contribution in [0, 0.1) is 5.41 Å². The minimum Gasteiger partial charge on any atom is -0.372 e. The van der Waals surface area contributed by atoms with Gasteiger partial charge < -0.3 is 14.2 Å². The van der Waals surface area contributed by atoms with E-state index in [-0.39, 0.29) is 39.6 Å². The lowest BCUT2D eigenvalue weighted by Crippen LogP contribution is -2.38. The van der Waals surface area contributed by atoms with Crippen LogP contribution in [-0.4, -0.2) is 55.4 Å². The van der Waals surface area contributed by atoms with Crippen molar-refractivity contribution in [1.29, 1.82) is 0 Å². The predicted octanol–water partition coefficient (Wildman–Crippen LogP) is 1.73. The number of carbonyl (C=O) groups excluding carboxylic acids is 3. The molecule has 122 valence electrons. The molecule has 0 aliphatic heterocycles. The molecule has 0 N–H and O–H groups in total. The highest BCUT2D eigenvalue weighted by Gasteiger charge is 2.30. The summed E-state index contributed by atoms with van der Waals surface area (Å²) in [5.74, 6) is 0. The Bertz CT molecular complexity index is 311. The van der Waals surface area contributed by atoms with E-state index in [9.17, 15) is 14.4 Å². The van der Waals surface area contributed by atoms with Gasteiger partial charge >= 0.3 is 0 Å². The molecule has 0 spiro atoms. The Morgan fingerprint density at radius 3 is 1.24 bits per heavy atom. The Balaban J connectivity index is 4.52. The van der Waals surface area contributed by atoms with Gasteiger partial charge in [-0.25, -0.2) is 0 Å². The lowest BCUT2D eigenvalue weighted by atomic mass is 9.88. The van der Waals surface area contributed by atoms with Gasteiger partial charge in [0.1, 0.15) is 19.8 Å². The molecule has 0 unspecified atom stereocenters. The molecule has 0 fully saturated rings. The summed E-state index contributed by atoms with van der Waals surface area (Å²) < 4.78 is 15.6. The molecule has 0 rings (SSSR count). The largest absolute Gasteiger partial charge is 0.372 e. The molecule has 21 heavy (non-hydrogen) atoms. The lowest BCUT2D eigenvalue weighted by molar-refractivity contribution is -0.125. The van der Waals surface area contributed by atoms with Crippen molar-refractivity contribution >= 4 is 50.5 Å². The van der Waals surface area contributed by atoms with Crippen molar-refractivity contribution < 1.29 is 28.6 Å². The van der Waals surface area contributed by atoms with Crippen LogP contribution in [0.2, 0.25) is 0 Å². The average molecular weight is 364 g/mol. The van der Waals surface area contributed by atoms with Gasteiger partial charge in [0, 0.05) is 5.41 Å². The van der Waals surface area contributed by atoms with Crippen molar-refractivity contribution in [2.45, 2.75) is 13.3 Å². The molecule has 0 aromatic carbocycles. The highest BCUT2D eigenvalue weighted by molar-refractivity contribution is 6.64. The summed E-state index contributed by atoms with van der Waals surface area (Å²) in [5, 5.41) is -1.89. The fourth-order valence-corrected chi connectivity index (χ4v) is 1.71. The van der Waals surface area contributed by atoms with Gasteiger partial charge in [-0.1, -0.05) is 6.92 Å². The zero-order valence-electron chi connectivity index (χ0n) is 11.5. The zero-order valence-corrected chi connectivity index (χ0v) is 13.8. The molecule has 0 aromatic rings. The summed E-state index contributed by atoms with van der Waals surface area (Å²) in [4.78, 5) is 32.0. The van der Waals surface area contributed by atoms with E-state index in [1.807, 2.05) is 6.92 Å². The van der Waals surface area contributed by atoms with Crippen LogP contribution in [0.3, 0.4) is 0 Å². The van der Waals surface area contributed by atoms with Gasteiger partial charge in [-0.15, -0.1) is 0 Å². The van der Waals surface area contributed by atoms with Gasteiger partial charge in [0.2, 0.25) is 15.7 Å². The van der Waals surface area contributed by atoms with Gasteiger partial charge in [-0.2, -0.15) is 0 Å². The highest BCUT2D eigenvalue weighted by atomic mass is 35.5. The third-order valence-corrected chi connectivity index (χ3v) is 2.95. The molecule has 0 saturated carbocycles.